The number of carbonyl (C=O) groups excluding carboxylic acids is 1. The van der Waals surface area contributed by atoms with Crippen LogP contribution in [0, 0.1) is 5.41 Å². The van der Waals surface area contributed by atoms with Gasteiger partial charge < -0.3 is 9.84 Å². The average molecular weight is 238 g/mol. The fraction of sp³-hybridized carbons (Fsp3) is 0.692. The van der Waals surface area contributed by atoms with E-state index in [1.54, 1.807) is 6.92 Å². The van der Waals surface area contributed by atoms with Gasteiger partial charge in [-0.2, -0.15) is 0 Å². The number of allylic oxidation sites excluding steroid dienone is 1. The van der Waals surface area contributed by atoms with E-state index in [0.717, 1.165) is 12.2 Å². The van der Waals surface area contributed by atoms with Crippen molar-refractivity contribution in [2.24, 2.45) is 5.41 Å². The number of carboxylic acid groups (broad SMARTS) is 1. The molecule has 1 atom stereocenters. The van der Waals surface area contributed by atoms with Gasteiger partial charge in [-0.15, -0.1) is 0 Å². The van der Waals surface area contributed by atoms with E-state index in [2.05, 4.69) is 0 Å². The van der Waals surface area contributed by atoms with Crippen LogP contribution in [0.15, 0.2) is 11.3 Å². The molecule has 1 N–H and O–H groups in total. The predicted octanol–water partition coefficient (Wildman–Crippen LogP) is 2.28. The maximum absolute atomic E-state index is 12.0. The molecule has 17 heavy (non-hydrogen) atoms. The van der Waals surface area contributed by atoms with Crippen LogP contribution < -0.4 is 0 Å². The fourth-order valence-electron chi connectivity index (χ4n) is 2.72. The zero-order chi connectivity index (χ0) is 12.8. The van der Waals surface area contributed by atoms with Crippen molar-refractivity contribution in [2.75, 3.05) is 0 Å². The van der Waals surface area contributed by atoms with Crippen molar-refractivity contribution in [3.8, 4) is 0 Å². The summed E-state index contributed by atoms with van der Waals surface area (Å²) in [6.07, 6.45) is 1.62. The molecule has 0 bridgehead atoms. The van der Waals surface area contributed by atoms with Gasteiger partial charge in [0.15, 0.2) is 5.78 Å². The summed E-state index contributed by atoms with van der Waals surface area (Å²) in [6, 6.07) is 0. The summed E-state index contributed by atoms with van der Waals surface area (Å²) >= 11 is 0. The molecule has 0 radical (unpaired) electrons. The molecule has 2 rings (SSSR count). The molecular formula is C13H18O4. The van der Waals surface area contributed by atoms with Gasteiger partial charge in [-0.1, -0.05) is 13.8 Å². The Morgan fingerprint density at radius 3 is 2.53 bits per heavy atom. The molecule has 0 spiro atoms. The normalized spacial score (nSPS) is 31.1. The maximum atomic E-state index is 12.0. The zero-order valence-corrected chi connectivity index (χ0v) is 10.5. The van der Waals surface area contributed by atoms with Crippen LogP contribution in [0.2, 0.25) is 0 Å². The van der Waals surface area contributed by atoms with Gasteiger partial charge >= 0.3 is 5.97 Å². The van der Waals surface area contributed by atoms with Crippen LogP contribution >= 0.6 is 0 Å². The van der Waals surface area contributed by atoms with Crippen LogP contribution in [-0.2, 0) is 14.3 Å². The Morgan fingerprint density at radius 1 is 1.29 bits per heavy atom. The van der Waals surface area contributed by atoms with Gasteiger partial charge in [-0.05, 0) is 12.3 Å². The van der Waals surface area contributed by atoms with E-state index in [1.165, 1.54) is 0 Å². The van der Waals surface area contributed by atoms with Crippen molar-refractivity contribution in [1.82, 2.24) is 0 Å². The minimum atomic E-state index is -0.890. The van der Waals surface area contributed by atoms with Crippen LogP contribution in [0.4, 0.5) is 0 Å². The summed E-state index contributed by atoms with van der Waals surface area (Å²) < 4.78 is 5.75. The zero-order valence-electron chi connectivity index (χ0n) is 10.5. The first-order valence-corrected chi connectivity index (χ1v) is 5.87. The Morgan fingerprint density at radius 2 is 1.94 bits per heavy atom. The van der Waals surface area contributed by atoms with Gasteiger partial charge in [0, 0.05) is 24.8 Å². The maximum Gasteiger partial charge on any atom is 0.307 e. The van der Waals surface area contributed by atoms with E-state index < -0.39 is 11.6 Å². The highest BCUT2D eigenvalue weighted by atomic mass is 16.5. The number of ether oxygens (including phenoxy) is 1. The van der Waals surface area contributed by atoms with E-state index in [1.807, 2.05) is 13.8 Å². The van der Waals surface area contributed by atoms with Gasteiger partial charge in [0.05, 0.1) is 6.42 Å². The molecule has 1 heterocycles. The third kappa shape index (κ3) is 2.35. The molecule has 0 aromatic carbocycles. The van der Waals surface area contributed by atoms with Crippen molar-refractivity contribution >= 4 is 11.8 Å². The third-order valence-corrected chi connectivity index (χ3v) is 3.40. The Kier molecular flexibility index (Phi) is 2.56. The monoisotopic (exact) mass is 238 g/mol. The van der Waals surface area contributed by atoms with Gasteiger partial charge in [-0.25, -0.2) is 0 Å². The van der Waals surface area contributed by atoms with E-state index in [-0.39, 0.29) is 17.6 Å². The first kappa shape index (κ1) is 12.1. The first-order valence-electron chi connectivity index (χ1n) is 5.87. The van der Waals surface area contributed by atoms with E-state index in [4.69, 9.17) is 9.84 Å². The second kappa shape index (κ2) is 3.59. The lowest BCUT2D eigenvalue weighted by molar-refractivity contribution is -0.142. The van der Waals surface area contributed by atoms with Crippen LogP contribution in [-0.4, -0.2) is 22.5 Å². The number of ketones is 1. The summed E-state index contributed by atoms with van der Waals surface area (Å²) in [7, 11) is 0. The summed E-state index contributed by atoms with van der Waals surface area (Å²) in [5.41, 5.74) is -0.107. The average Bonchev–Trinajstić information content (AvgIpc) is 2.37. The largest absolute Gasteiger partial charge is 0.491 e. The number of Topliss-reactive ketones (excluding diaryl/α,β-unsaturated/α-hetero) is 1. The summed E-state index contributed by atoms with van der Waals surface area (Å²) in [5.74, 6) is -0.0561. The lowest BCUT2D eigenvalue weighted by atomic mass is 9.76. The Bertz CT molecular complexity index is 419. The molecule has 0 saturated carbocycles. The molecule has 2 aliphatic rings. The molecule has 4 heteroatoms. The number of rotatable bonds is 2. The van der Waals surface area contributed by atoms with Crippen molar-refractivity contribution in [3.05, 3.63) is 11.3 Å². The highest BCUT2D eigenvalue weighted by molar-refractivity contribution is 5.98. The number of hydrogen-bond acceptors (Lipinski definition) is 3. The predicted molar refractivity (Wildman–Crippen MR) is 61.4 cm³/mol. The van der Waals surface area contributed by atoms with E-state index in [0.29, 0.717) is 18.4 Å². The number of carbonyl (C=O) groups is 2. The molecule has 1 aliphatic heterocycles. The Balaban J connectivity index is 2.20. The van der Waals surface area contributed by atoms with E-state index >= 15 is 0 Å². The molecule has 1 aliphatic carbocycles. The second-order valence-electron chi connectivity index (χ2n) is 6.14. The molecule has 94 valence electrons. The quantitative estimate of drug-likeness (QED) is 0.801. The molecule has 0 saturated heterocycles. The van der Waals surface area contributed by atoms with Crippen molar-refractivity contribution in [3.63, 3.8) is 0 Å². The van der Waals surface area contributed by atoms with Crippen LogP contribution in [0.1, 0.15) is 46.5 Å². The molecule has 0 aromatic rings. The highest BCUT2D eigenvalue weighted by Gasteiger charge is 2.45. The lowest BCUT2D eigenvalue weighted by Gasteiger charge is -2.29. The minimum absolute atomic E-state index is 0.0618. The van der Waals surface area contributed by atoms with Gasteiger partial charge in [0.2, 0.25) is 0 Å². The summed E-state index contributed by atoms with van der Waals surface area (Å²) in [5, 5.41) is 8.86. The minimum Gasteiger partial charge on any atom is -0.491 e. The van der Waals surface area contributed by atoms with Crippen LogP contribution in [0.25, 0.3) is 0 Å². The molecule has 1 unspecified atom stereocenters. The number of carboxylic acids is 1. The standard InChI is InChI=1S/C13H18O4/c1-12(2)5-9(14)8-4-13(3,7-11(15)16)17-10(8)6-12/h4-7H2,1-3H3,(H,15,16). The highest BCUT2D eigenvalue weighted by Crippen LogP contribution is 2.46. The van der Waals surface area contributed by atoms with Gasteiger partial charge in [0.25, 0.3) is 0 Å². The smallest absolute Gasteiger partial charge is 0.307 e. The first-order chi connectivity index (χ1) is 7.71. The van der Waals surface area contributed by atoms with Crippen LogP contribution in [0.3, 0.4) is 0 Å². The SMILES string of the molecule is CC1(C)CC(=O)C2=C(C1)OC(C)(CC(=O)O)C2. The van der Waals surface area contributed by atoms with Gasteiger partial charge in [-0.3, -0.25) is 9.59 Å². The van der Waals surface area contributed by atoms with Gasteiger partial charge in [0.1, 0.15) is 11.4 Å². The van der Waals surface area contributed by atoms with Crippen molar-refractivity contribution < 1.29 is 19.4 Å². The second-order valence-corrected chi connectivity index (χ2v) is 6.14. The molecule has 0 amide bonds. The third-order valence-electron chi connectivity index (χ3n) is 3.40. The summed E-state index contributed by atoms with van der Waals surface area (Å²) in [4.78, 5) is 22.8. The fourth-order valence-corrected chi connectivity index (χ4v) is 2.72. The van der Waals surface area contributed by atoms with Crippen molar-refractivity contribution in [2.45, 2.75) is 52.1 Å². The molecule has 4 nitrogen and oxygen atoms in total. The van der Waals surface area contributed by atoms with E-state index in [9.17, 15) is 9.59 Å². The molecular weight excluding hydrogens is 220 g/mol. The Labute approximate surface area is 101 Å². The number of aliphatic carboxylic acids is 1. The number of hydrogen-bond donors (Lipinski definition) is 1. The summed E-state index contributed by atoms with van der Waals surface area (Å²) in [6.45, 7) is 5.83. The molecule has 0 aromatic heterocycles. The van der Waals surface area contributed by atoms with Crippen molar-refractivity contribution in [1.29, 1.82) is 0 Å². The van der Waals surface area contributed by atoms with Crippen LogP contribution in [0.5, 0.6) is 0 Å². The lowest BCUT2D eigenvalue weighted by Crippen LogP contribution is -2.28. The Hall–Kier alpha value is -1.32. The topological polar surface area (TPSA) is 63.6 Å². The molecule has 0 fully saturated rings.